The van der Waals surface area contributed by atoms with E-state index in [0.717, 1.165) is 16.9 Å². The minimum atomic E-state index is -0.464. The van der Waals surface area contributed by atoms with Crippen LogP contribution in [0.25, 0.3) is 0 Å². The van der Waals surface area contributed by atoms with Gasteiger partial charge >= 0.3 is 0 Å². The predicted octanol–water partition coefficient (Wildman–Crippen LogP) is 3.93. The van der Waals surface area contributed by atoms with Crippen molar-refractivity contribution in [3.8, 4) is 5.75 Å². The number of benzene rings is 2. The van der Waals surface area contributed by atoms with Gasteiger partial charge in [0.05, 0.1) is 29.2 Å². The molecule has 0 aromatic heterocycles. The first-order valence-corrected chi connectivity index (χ1v) is 7.62. The molecule has 0 aliphatic heterocycles. The SMILES string of the molecule is Cc1ccc(C)c(OCCC(=O)Nc2cccc([N+](=O)[O-])c2C)c1. The van der Waals surface area contributed by atoms with Crippen LogP contribution in [-0.4, -0.2) is 17.4 Å². The Labute approximate surface area is 140 Å². The number of hydrogen-bond donors (Lipinski definition) is 1. The Morgan fingerprint density at radius 1 is 1.21 bits per heavy atom. The summed E-state index contributed by atoms with van der Waals surface area (Å²) in [6.45, 7) is 5.77. The maximum Gasteiger partial charge on any atom is 0.274 e. The number of amides is 1. The molecule has 0 saturated heterocycles. The largest absolute Gasteiger partial charge is 0.493 e. The molecule has 0 heterocycles. The number of anilines is 1. The van der Waals surface area contributed by atoms with E-state index in [2.05, 4.69) is 5.32 Å². The quantitative estimate of drug-likeness (QED) is 0.643. The molecule has 1 amide bonds. The van der Waals surface area contributed by atoms with E-state index in [1.807, 2.05) is 32.0 Å². The van der Waals surface area contributed by atoms with Crippen molar-refractivity contribution in [2.24, 2.45) is 0 Å². The van der Waals surface area contributed by atoms with E-state index in [-0.39, 0.29) is 24.6 Å². The molecule has 0 spiro atoms. The number of carbonyl (C=O) groups excluding carboxylic acids is 1. The van der Waals surface area contributed by atoms with Crippen molar-refractivity contribution in [1.29, 1.82) is 0 Å². The van der Waals surface area contributed by atoms with Crippen LogP contribution >= 0.6 is 0 Å². The monoisotopic (exact) mass is 328 g/mol. The third kappa shape index (κ3) is 4.32. The Kier molecular flexibility index (Phi) is 5.52. The number of hydrogen-bond acceptors (Lipinski definition) is 4. The summed E-state index contributed by atoms with van der Waals surface area (Å²) in [6, 6.07) is 10.5. The van der Waals surface area contributed by atoms with Gasteiger partial charge in [0.25, 0.3) is 5.69 Å². The summed E-state index contributed by atoms with van der Waals surface area (Å²) in [7, 11) is 0. The van der Waals surface area contributed by atoms with Gasteiger partial charge in [-0.05, 0) is 44.0 Å². The third-order valence-corrected chi connectivity index (χ3v) is 3.71. The van der Waals surface area contributed by atoms with Crippen LogP contribution in [0.5, 0.6) is 5.75 Å². The molecule has 2 rings (SSSR count). The Balaban J connectivity index is 1.93. The molecule has 6 heteroatoms. The first kappa shape index (κ1) is 17.5. The molecule has 126 valence electrons. The van der Waals surface area contributed by atoms with Gasteiger partial charge in [-0.15, -0.1) is 0 Å². The summed E-state index contributed by atoms with van der Waals surface area (Å²) in [6.07, 6.45) is 0.162. The van der Waals surface area contributed by atoms with E-state index in [1.54, 1.807) is 19.1 Å². The lowest BCUT2D eigenvalue weighted by Gasteiger charge is -2.11. The van der Waals surface area contributed by atoms with Crippen LogP contribution < -0.4 is 10.1 Å². The highest BCUT2D eigenvalue weighted by atomic mass is 16.6. The highest BCUT2D eigenvalue weighted by Crippen LogP contribution is 2.25. The summed E-state index contributed by atoms with van der Waals surface area (Å²) < 4.78 is 5.65. The highest BCUT2D eigenvalue weighted by molar-refractivity contribution is 5.92. The van der Waals surface area contributed by atoms with E-state index < -0.39 is 4.92 Å². The molecule has 0 atom stereocenters. The number of rotatable bonds is 6. The van der Waals surface area contributed by atoms with Crippen LogP contribution in [0, 0.1) is 30.9 Å². The second kappa shape index (κ2) is 7.59. The van der Waals surface area contributed by atoms with Gasteiger partial charge in [-0.25, -0.2) is 0 Å². The summed E-state index contributed by atoms with van der Waals surface area (Å²) >= 11 is 0. The van der Waals surface area contributed by atoms with Gasteiger partial charge < -0.3 is 10.1 Å². The first-order valence-electron chi connectivity index (χ1n) is 7.62. The Morgan fingerprint density at radius 3 is 2.67 bits per heavy atom. The summed E-state index contributed by atoms with van der Waals surface area (Å²) in [4.78, 5) is 22.5. The van der Waals surface area contributed by atoms with Gasteiger partial charge in [-0.1, -0.05) is 18.2 Å². The average Bonchev–Trinajstić information content (AvgIpc) is 2.52. The van der Waals surface area contributed by atoms with Crippen LogP contribution in [0.1, 0.15) is 23.1 Å². The molecule has 2 aromatic carbocycles. The van der Waals surface area contributed by atoms with Gasteiger partial charge in [0, 0.05) is 6.07 Å². The number of nitro benzene ring substituents is 1. The molecule has 0 radical (unpaired) electrons. The van der Waals surface area contributed by atoms with Gasteiger partial charge in [0.1, 0.15) is 5.75 Å². The smallest absolute Gasteiger partial charge is 0.274 e. The summed E-state index contributed by atoms with van der Waals surface area (Å²) in [5.74, 6) is 0.512. The highest BCUT2D eigenvalue weighted by Gasteiger charge is 2.14. The molecule has 6 nitrogen and oxygen atoms in total. The zero-order valence-electron chi connectivity index (χ0n) is 14.0. The van der Waals surface area contributed by atoms with Crippen molar-refractivity contribution in [2.75, 3.05) is 11.9 Å². The lowest BCUT2D eigenvalue weighted by Crippen LogP contribution is -2.16. The molecule has 0 bridgehead atoms. The van der Waals surface area contributed by atoms with Crippen LogP contribution in [0.4, 0.5) is 11.4 Å². The first-order chi connectivity index (χ1) is 11.4. The van der Waals surface area contributed by atoms with Gasteiger partial charge in [-0.3, -0.25) is 14.9 Å². The molecule has 1 N–H and O–H groups in total. The number of nitrogens with one attached hydrogen (secondary N) is 1. The minimum absolute atomic E-state index is 0.0144. The zero-order valence-corrected chi connectivity index (χ0v) is 14.0. The molecule has 2 aromatic rings. The summed E-state index contributed by atoms with van der Waals surface area (Å²) in [5.41, 5.74) is 2.97. The molecule has 0 saturated carbocycles. The topological polar surface area (TPSA) is 81.5 Å². The van der Waals surface area contributed by atoms with E-state index in [9.17, 15) is 14.9 Å². The van der Waals surface area contributed by atoms with Crippen molar-refractivity contribution in [3.63, 3.8) is 0 Å². The van der Waals surface area contributed by atoms with Gasteiger partial charge in [0.2, 0.25) is 5.91 Å². The normalized spacial score (nSPS) is 10.3. The molecule has 0 aliphatic rings. The van der Waals surface area contributed by atoms with E-state index in [0.29, 0.717) is 11.3 Å². The standard InChI is InChI=1S/C18H20N2O4/c1-12-7-8-13(2)17(11-12)24-10-9-18(21)19-15-5-4-6-16(14(15)3)20(22)23/h4-8,11H,9-10H2,1-3H3,(H,19,21). The van der Waals surface area contributed by atoms with Crippen LogP contribution in [0.2, 0.25) is 0 Å². The third-order valence-electron chi connectivity index (χ3n) is 3.71. The lowest BCUT2D eigenvalue weighted by molar-refractivity contribution is -0.385. The minimum Gasteiger partial charge on any atom is -0.493 e. The van der Waals surface area contributed by atoms with Crippen molar-refractivity contribution in [2.45, 2.75) is 27.2 Å². The fourth-order valence-electron chi connectivity index (χ4n) is 2.29. The molecule has 0 unspecified atom stereocenters. The number of ether oxygens (including phenoxy) is 1. The number of nitrogens with zero attached hydrogens (tertiary/aromatic N) is 1. The van der Waals surface area contributed by atoms with Crippen LogP contribution in [0.15, 0.2) is 36.4 Å². The van der Waals surface area contributed by atoms with Crippen LogP contribution in [-0.2, 0) is 4.79 Å². The predicted molar refractivity (Wildman–Crippen MR) is 92.5 cm³/mol. The molecular weight excluding hydrogens is 308 g/mol. The molecular formula is C18H20N2O4. The van der Waals surface area contributed by atoms with Crippen molar-refractivity contribution >= 4 is 17.3 Å². The average molecular weight is 328 g/mol. The number of carbonyl (C=O) groups is 1. The maximum atomic E-state index is 12.0. The van der Waals surface area contributed by atoms with Crippen molar-refractivity contribution in [1.82, 2.24) is 0 Å². The Morgan fingerprint density at radius 2 is 1.96 bits per heavy atom. The van der Waals surface area contributed by atoms with Crippen molar-refractivity contribution < 1.29 is 14.5 Å². The lowest BCUT2D eigenvalue weighted by atomic mass is 10.1. The number of aryl methyl sites for hydroxylation is 2. The second-order valence-electron chi connectivity index (χ2n) is 5.62. The zero-order chi connectivity index (χ0) is 17.7. The fourth-order valence-corrected chi connectivity index (χ4v) is 2.29. The summed E-state index contributed by atoms with van der Waals surface area (Å²) in [5, 5.41) is 13.6. The maximum absolute atomic E-state index is 12.0. The Bertz CT molecular complexity index is 772. The van der Waals surface area contributed by atoms with E-state index >= 15 is 0 Å². The molecule has 24 heavy (non-hydrogen) atoms. The fraction of sp³-hybridized carbons (Fsp3) is 0.278. The molecule has 0 fully saturated rings. The second-order valence-corrected chi connectivity index (χ2v) is 5.62. The van der Waals surface area contributed by atoms with E-state index in [4.69, 9.17) is 4.74 Å². The van der Waals surface area contributed by atoms with Gasteiger partial charge in [0.15, 0.2) is 0 Å². The van der Waals surface area contributed by atoms with Crippen molar-refractivity contribution in [3.05, 3.63) is 63.2 Å². The van der Waals surface area contributed by atoms with Gasteiger partial charge in [-0.2, -0.15) is 0 Å². The molecule has 0 aliphatic carbocycles. The van der Waals surface area contributed by atoms with E-state index in [1.165, 1.54) is 6.07 Å². The Hall–Kier alpha value is -2.89. The number of nitro groups is 1. The van der Waals surface area contributed by atoms with Crippen LogP contribution in [0.3, 0.4) is 0 Å².